The second-order valence-corrected chi connectivity index (χ2v) is 6.12. The van der Waals surface area contributed by atoms with Gasteiger partial charge in [-0.1, -0.05) is 15.9 Å². The molecule has 2 aromatic rings. The van der Waals surface area contributed by atoms with Crippen molar-refractivity contribution in [3.05, 3.63) is 53.0 Å². The van der Waals surface area contributed by atoms with Gasteiger partial charge in [-0.15, -0.1) is 0 Å². The van der Waals surface area contributed by atoms with Gasteiger partial charge in [0, 0.05) is 16.6 Å². The third-order valence-electron chi connectivity index (χ3n) is 2.73. The van der Waals surface area contributed by atoms with Gasteiger partial charge in [0.25, 0.3) is 0 Å². The van der Waals surface area contributed by atoms with Crippen molar-refractivity contribution in [3.8, 4) is 0 Å². The summed E-state index contributed by atoms with van der Waals surface area (Å²) in [5.41, 5.74) is 2.95. The summed E-state index contributed by atoms with van der Waals surface area (Å²) in [5.74, 6) is 0. The van der Waals surface area contributed by atoms with E-state index in [0.29, 0.717) is 0 Å². The molecule has 2 rings (SSSR count). The normalized spacial score (nSPS) is 11.4. The molecule has 0 aromatic heterocycles. The molecule has 0 bridgehead atoms. The second kappa shape index (κ2) is 7.28. The van der Waals surface area contributed by atoms with Gasteiger partial charge in [0.05, 0.1) is 32.5 Å². The van der Waals surface area contributed by atoms with E-state index in [-0.39, 0.29) is 24.0 Å². The molecule has 0 aliphatic rings. The van der Waals surface area contributed by atoms with Gasteiger partial charge in [-0.3, -0.25) is 4.48 Å². The van der Waals surface area contributed by atoms with Crippen LogP contribution in [0.4, 0.5) is 17.1 Å². The molecule has 5 heteroatoms. The van der Waals surface area contributed by atoms with Gasteiger partial charge >= 0.3 is 0 Å². The molecule has 0 fully saturated rings. The molecule has 0 atom stereocenters. The van der Waals surface area contributed by atoms with Crippen molar-refractivity contribution in [2.75, 3.05) is 21.1 Å². The van der Waals surface area contributed by atoms with Crippen LogP contribution in [-0.4, -0.2) is 21.1 Å². The average Bonchev–Trinajstić information content (AvgIpc) is 2.37. The number of hydrogen-bond acceptors (Lipinski definition) is 2. The van der Waals surface area contributed by atoms with E-state index in [9.17, 15) is 0 Å². The van der Waals surface area contributed by atoms with E-state index in [1.165, 1.54) is 5.69 Å². The van der Waals surface area contributed by atoms with Crippen LogP contribution in [0.3, 0.4) is 0 Å². The topological polar surface area (TPSA) is 24.7 Å². The highest BCUT2D eigenvalue weighted by molar-refractivity contribution is 9.10. The maximum absolute atomic E-state index is 4.23. The van der Waals surface area contributed by atoms with Crippen LogP contribution in [0.1, 0.15) is 0 Å². The minimum atomic E-state index is 0. The molecule has 106 valence electrons. The quantitative estimate of drug-likeness (QED) is 0.392. The minimum Gasteiger partial charge on any atom is -1.00 e. The van der Waals surface area contributed by atoms with Crippen LogP contribution in [0.2, 0.25) is 0 Å². The molecule has 0 spiro atoms. The van der Waals surface area contributed by atoms with E-state index < -0.39 is 0 Å². The zero-order valence-electron chi connectivity index (χ0n) is 11.7. The fraction of sp³-hybridized carbons (Fsp3) is 0.200. The lowest BCUT2D eigenvalue weighted by Crippen LogP contribution is -3.00. The molecule has 0 N–H and O–H groups in total. The lowest BCUT2D eigenvalue weighted by atomic mass is 10.2. The van der Waals surface area contributed by atoms with Crippen LogP contribution >= 0.6 is 15.9 Å². The van der Waals surface area contributed by atoms with Gasteiger partial charge in [-0.2, -0.15) is 10.2 Å². The van der Waals surface area contributed by atoms with E-state index in [4.69, 9.17) is 0 Å². The summed E-state index contributed by atoms with van der Waals surface area (Å²) in [6.07, 6.45) is 0. The van der Waals surface area contributed by atoms with Gasteiger partial charge in [0.1, 0.15) is 5.69 Å². The molecule has 0 saturated heterocycles. The second-order valence-electron chi connectivity index (χ2n) is 5.21. The third kappa shape index (κ3) is 4.96. The molecule has 3 nitrogen and oxygen atoms in total. The fourth-order valence-corrected chi connectivity index (χ4v) is 1.85. The minimum absolute atomic E-state index is 0. The number of benzene rings is 2. The van der Waals surface area contributed by atoms with Crippen molar-refractivity contribution in [2.45, 2.75) is 0 Å². The van der Waals surface area contributed by atoms with Crippen molar-refractivity contribution < 1.29 is 24.0 Å². The molecule has 2 aromatic carbocycles. The molecule has 20 heavy (non-hydrogen) atoms. The Morgan fingerprint density at radius 2 is 1.15 bits per heavy atom. The largest absolute Gasteiger partial charge is 1.00 e. The highest BCUT2D eigenvalue weighted by Crippen LogP contribution is 2.24. The van der Waals surface area contributed by atoms with Gasteiger partial charge in [0.15, 0.2) is 0 Å². The predicted molar refractivity (Wildman–Crippen MR) is 84.3 cm³/mol. The number of hydrogen-bond donors (Lipinski definition) is 0. The highest BCUT2D eigenvalue weighted by atomic mass is 127. The first kappa shape index (κ1) is 17.3. The van der Waals surface area contributed by atoms with Crippen LogP contribution in [0.5, 0.6) is 0 Å². The Balaban J connectivity index is 0.00000200. The first-order valence-corrected chi connectivity index (χ1v) is 6.84. The maximum Gasteiger partial charge on any atom is 0.132 e. The molecule has 0 aliphatic heterocycles. The van der Waals surface area contributed by atoms with Crippen molar-refractivity contribution in [3.63, 3.8) is 0 Å². The zero-order valence-corrected chi connectivity index (χ0v) is 15.5. The summed E-state index contributed by atoms with van der Waals surface area (Å²) in [6.45, 7) is 0. The Morgan fingerprint density at radius 3 is 1.55 bits per heavy atom. The maximum atomic E-state index is 4.23. The van der Waals surface area contributed by atoms with E-state index >= 15 is 0 Å². The number of halogens is 2. The standard InChI is InChI=1S/C15H17BrN3.HI/c1-19(2,3)15-10-8-14(9-11-15)18-17-13-6-4-12(16)5-7-13;/h4-11H,1-3H3;1H/q+1;/p-1. The van der Waals surface area contributed by atoms with E-state index in [2.05, 4.69) is 59.4 Å². The molecular weight excluding hydrogens is 429 g/mol. The Kier molecular flexibility index (Phi) is 6.29. The van der Waals surface area contributed by atoms with Crippen molar-refractivity contribution in [1.29, 1.82) is 0 Å². The molecule has 0 unspecified atom stereocenters. The number of rotatable bonds is 3. The Hall–Kier alpha value is -0.790. The van der Waals surface area contributed by atoms with Crippen LogP contribution in [-0.2, 0) is 0 Å². The lowest BCUT2D eigenvalue weighted by Gasteiger charge is -2.23. The summed E-state index contributed by atoms with van der Waals surface area (Å²) in [5, 5.41) is 8.44. The predicted octanol–water partition coefficient (Wildman–Crippen LogP) is 2.07. The number of azo groups is 1. The molecule has 0 heterocycles. The summed E-state index contributed by atoms with van der Waals surface area (Å²) < 4.78 is 1.84. The fourth-order valence-electron chi connectivity index (χ4n) is 1.59. The molecular formula is C15H17BrIN3. The van der Waals surface area contributed by atoms with Gasteiger partial charge in [-0.05, 0) is 36.4 Å². The van der Waals surface area contributed by atoms with Crippen molar-refractivity contribution in [1.82, 2.24) is 4.48 Å². The Labute approximate surface area is 145 Å². The monoisotopic (exact) mass is 445 g/mol. The lowest BCUT2D eigenvalue weighted by molar-refractivity contribution is -0.00000407. The van der Waals surface area contributed by atoms with Crippen molar-refractivity contribution in [2.24, 2.45) is 10.2 Å². The van der Waals surface area contributed by atoms with Gasteiger partial charge in [-0.25, -0.2) is 0 Å². The van der Waals surface area contributed by atoms with E-state index in [1.54, 1.807) is 0 Å². The Morgan fingerprint density at radius 1 is 0.750 bits per heavy atom. The Bertz CT molecular complexity index is 572. The summed E-state index contributed by atoms with van der Waals surface area (Å²) in [4.78, 5) is 0. The van der Waals surface area contributed by atoms with Gasteiger partial charge < -0.3 is 24.0 Å². The molecule has 0 aliphatic carbocycles. The van der Waals surface area contributed by atoms with E-state index in [1.807, 2.05) is 36.4 Å². The molecule has 0 radical (unpaired) electrons. The summed E-state index contributed by atoms with van der Waals surface area (Å²) in [7, 11) is 6.41. The van der Waals surface area contributed by atoms with Gasteiger partial charge in [0.2, 0.25) is 0 Å². The number of nitrogens with zero attached hydrogens (tertiary/aromatic N) is 3. The third-order valence-corrected chi connectivity index (χ3v) is 3.26. The summed E-state index contributed by atoms with van der Waals surface area (Å²) in [6, 6.07) is 15.9. The van der Waals surface area contributed by atoms with Crippen LogP contribution in [0.15, 0.2) is 63.2 Å². The average molecular weight is 446 g/mol. The SMILES string of the molecule is C[N+](C)(C)c1ccc(N=Nc2ccc(Br)cc2)cc1.[I-]. The first-order chi connectivity index (χ1) is 8.95. The smallest absolute Gasteiger partial charge is 0.132 e. The van der Waals surface area contributed by atoms with Crippen LogP contribution < -0.4 is 28.5 Å². The van der Waals surface area contributed by atoms with Crippen LogP contribution in [0, 0.1) is 0 Å². The number of quaternary nitrogens is 1. The molecule has 0 saturated carbocycles. The summed E-state index contributed by atoms with van der Waals surface area (Å²) >= 11 is 3.39. The van der Waals surface area contributed by atoms with E-state index in [0.717, 1.165) is 20.3 Å². The highest BCUT2D eigenvalue weighted by Gasteiger charge is 2.10. The zero-order chi connectivity index (χ0) is 13.9. The molecule has 0 amide bonds. The first-order valence-electron chi connectivity index (χ1n) is 6.04. The van der Waals surface area contributed by atoms with Crippen LogP contribution in [0.25, 0.3) is 0 Å². The van der Waals surface area contributed by atoms with Crippen molar-refractivity contribution >= 4 is 33.0 Å².